The maximum Gasteiger partial charge on any atom is 0.277 e. The summed E-state index contributed by atoms with van der Waals surface area (Å²) in [5.74, 6) is 2.99. The first-order valence-corrected chi connectivity index (χ1v) is 9.81. The van der Waals surface area contributed by atoms with E-state index in [-0.39, 0.29) is 0 Å². The smallest absolute Gasteiger partial charge is 0.277 e. The minimum Gasteiger partial charge on any atom is -0.493 e. The molecule has 3 heterocycles. The molecule has 0 N–H and O–H groups in total. The molecule has 0 aliphatic rings. The van der Waals surface area contributed by atoms with Crippen LogP contribution in [0, 0.1) is 0 Å². The van der Waals surface area contributed by atoms with Crippen LogP contribution in [0.4, 0.5) is 0 Å². The van der Waals surface area contributed by atoms with E-state index in [0.29, 0.717) is 28.4 Å². The minimum atomic E-state index is 0.415. The fourth-order valence-corrected chi connectivity index (χ4v) is 3.72. The monoisotopic (exact) mass is 401 g/mol. The highest BCUT2D eigenvalue weighted by Gasteiger charge is 2.14. The average molecular weight is 401 g/mol. The van der Waals surface area contributed by atoms with E-state index in [4.69, 9.17) is 18.4 Å². The van der Waals surface area contributed by atoms with E-state index >= 15 is 0 Å². The molecule has 0 saturated carbocycles. The number of thioether (sulfide) groups is 1. The second-order valence-corrected chi connectivity index (χ2v) is 7.27. The average Bonchev–Trinajstić information content (AvgIpc) is 3.46. The van der Waals surface area contributed by atoms with Crippen LogP contribution in [0.15, 0.2) is 55.9 Å². The third-order valence-corrected chi connectivity index (χ3v) is 5.44. The van der Waals surface area contributed by atoms with Gasteiger partial charge in [-0.2, -0.15) is 0 Å². The van der Waals surface area contributed by atoms with Crippen molar-refractivity contribution in [1.29, 1.82) is 0 Å². The van der Waals surface area contributed by atoms with E-state index in [1.807, 2.05) is 29.6 Å². The zero-order chi connectivity index (χ0) is 18.6. The molecule has 138 valence electrons. The van der Waals surface area contributed by atoms with Crippen LogP contribution in [0.1, 0.15) is 5.69 Å². The summed E-state index contributed by atoms with van der Waals surface area (Å²) in [5.41, 5.74) is 1.57. The van der Waals surface area contributed by atoms with Gasteiger partial charge >= 0.3 is 0 Å². The maximum absolute atomic E-state index is 5.73. The molecular formula is C18H15N3O4S2. The molecule has 1 aromatic carbocycles. The Morgan fingerprint density at radius 3 is 2.74 bits per heavy atom. The zero-order valence-electron chi connectivity index (χ0n) is 14.5. The Kier molecular flexibility index (Phi) is 5.12. The molecular weight excluding hydrogens is 386 g/mol. The second-order valence-electron chi connectivity index (χ2n) is 5.39. The van der Waals surface area contributed by atoms with E-state index in [1.165, 1.54) is 11.8 Å². The molecule has 3 aromatic heterocycles. The number of nitrogens with zero attached hydrogens (tertiary/aromatic N) is 3. The molecule has 4 aromatic rings. The first-order chi connectivity index (χ1) is 13.3. The molecule has 0 amide bonds. The summed E-state index contributed by atoms with van der Waals surface area (Å²) in [5, 5.41) is 14.7. The van der Waals surface area contributed by atoms with Crippen molar-refractivity contribution in [2.45, 2.75) is 11.0 Å². The van der Waals surface area contributed by atoms with Crippen LogP contribution in [-0.2, 0) is 5.75 Å². The molecule has 9 heteroatoms. The van der Waals surface area contributed by atoms with Crippen molar-refractivity contribution in [3.63, 3.8) is 0 Å². The van der Waals surface area contributed by atoms with Crippen molar-refractivity contribution in [2.75, 3.05) is 14.2 Å². The Morgan fingerprint density at radius 2 is 1.96 bits per heavy atom. The van der Waals surface area contributed by atoms with Crippen molar-refractivity contribution in [3.8, 4) is 33.6 Å². The number of rotatable bonds is 7. The quantitative estimate of drug-likeness (QED) is 0.410. The van der Waals surface area contributed by atoms with E-state index in [2.05, 4.69) is 15.4 Å². The molecule has 27 heavy (non-hydrogen) atoms. The number of thiophene rings is 1. The van der Waals surface area contributed by atoms with Gasteiger partial charge in [-0.3, -0.25) is 0 Å². The lowest BCUT2D eigenvalue weighted by molar-refractivity contribution is 0.355. The lowest BCUT2D eigenvalue weighted by Gasteiger charge is -2.07. The molecule has 0 aliphatic carbocycles. The van der Waals surface area contributed by atoms with E-state index in [1.54, 1.807) is 37.7 Å². The van der Waals surface area contributed by atoms with Crippen LogP contribution in [0.2, 0.25) is 0 Å². The molecule has 0 aliphatic heterocycles. The van der Waals surface area contributed by atoms with Crippen LogP contribution in [-0.4, -0.2) is 29.6 Å². The fraction of sp³-hybridized carbons (Fsp3) is 0.167. The summed E-state index contributed by atoms with van der Waals surface area (Å²) < 4.78 is 21.6. The summed E-state index contributed by atoms with van der Waals surface area (Å²) in [6, 6.07) is 11.3. The van der Waals surface area contributed by atoms with Gasteiger partial charge < -0.3 is 18.4 Å². The highest BCUT2D eigenvalue weighted by molar-refractivity contribution is 7.98. The number of hydrogen-bond donors (Lipinski definition) is 0. The van der Waals surface area contributed by atoms with Crippen molar-refractivity contribution in [1.82, 2.24) is 15.4 Å². The first kappa shape index (κ1) is 17.6. The Bertz CT molecular complexity index is 1030. The highest BCUT2D eigenvalue weighted by Crippen LogP contribution is 2.33. The van der Waals surface area contributed by atoms with Gasteiger partial charge in [-0.25, -0.2) is 0 Å². The summed E-state index contributed by atoms with van der Waals surface area (Å²) in [6.07, 6.45) is 0. The van der Waals surface area contributed by atoms with Gasteiger partial charge in [-0.1, -0.05) is 23.0 Å². The molecule has 0 fully saturated rings. The van der Waals surface area contributed by atoms with Crippen LogP contribution >= 0.6 is 23.1 Å². The van der Waals surface area contributed by atoms with Gasteiger partial charge in [0.1, 0.15) is 0 Å². The predicted molar refractivity (Wildman–Crippen MR) is 102 cm³/mol. The fourth-order valence-electron chi connectivity index (χ4n) is 2.40. The number of aromatic nitrogens is 3. The molecule has 0 spiro atoms. The molecule has 7 nitrogen and oxygen atoms in total. The second kappa shape index (κ2) is 7.85. The van der Waals surface area contributed by atoms with Crippen LogP contribution in [0.3, 0.4) is 0 Å². The van der Waals surface area contributed by atoms with Crippen LogP contribution in [0.5, 0.6) is 11.5 Å². The SMILES string of the molecule is COc1ccc(-c2nnc(SCc3cc(-c4cccs4)on3)o2)cc1OC. The minimum absolute atomic E-state index is 0.415. The lowest BCUT2D eigenvalue weighted by atomic mass is 10.2. The van der Waals surface area contributed by atoms with E-state index < -0.39 is 0 Å². The van der Waals surface area contributed by atoms with Gasteiger partial charge in [-0.05, 0) is 29.6 Å². The largest absolute Gasteiger partial charge is 0.493 e. The summed E-state index contributed by atoms with van der Waals surface area (Å²) in [6.45, 7) is 0. The Morgan fingerprint density at radius 1 is 1.07 bits per heavy atom. The topological polar surface area (TPSA) is 83.4 Å². The van der Waals surface area contributed by atoms with E-state index in [9.17, 15) is 0 Å². The Balaban J connectivity index is 1.44. The van der Waals surface area contributed by atoms with Crippen molar-refractivity contribution < 1.29 is 18.4 Å². The number of hydrogen-bond acceptors (Lipinski definition) is 9. The van der Waals surface area contributed by atoms with Crippen molar-refractivity contribution in [3.05, 3.63) is 47.5 Å². The predicted octanol–water partition coefficient (Wildman–Crippen LogP) is 4.76. The summed E-state index contributed by atoms with van der Waals surface area (Å²) in [7, 11) is 3.17. The van der Waals surface area contributed by atoms with Gasteiger partial charge in [0.2, 0.25) is 5.89 Å². The number of ether oxygens (including phenoxy) is 2. The summed E-state index contributed by atoms with van der Waals surface area (Å²) >= 11 is 3.01. The third-order valence-electron chi connectivity index (χ3n) is 3.70. The lowest BCUT2D eigenvalue weighted by Crippen LogP contribution is -1.90. The van der Waals surface area contributed by atoms with Crippen LogP contribution < -0.4 is 9.47 Å². The number of methoxy groups -OCH3 is 2. The van der Waals surface area contributed by atoms with E-state index in [0.717, 1.165) is 21.9 Å². The van der Waals surface area contributed by atoms with Gasteiger partial charge in [0.05, 0.1) is 24.8 Å². The summed E-state index contributed by atoms with van der Waals surface area (Å²) in [4.78, 5) is 1.05. The van der Waals surface area contributed by atoms with Gasteiger partial charge in [0.15, 0.2) is 17.3 Å². The highest BCUT2D eigenvalue weighted by atomic mass is 32.2. The van der Waals surface area contributed by atoms with Crippen LogP contribution in [0.25, 0.3) is 22.1 Å². The number of benzene rings is 1. The molecule has 0 radical (unpaired) electrons. The van der Waals surface area contributed by atoms with Gasteiger partial charge in [0, 0.05) is 17.4 Å². The first-order valence-electron chi connectivity index (χ1n) is 7.95. The standard InChI is InChI=1S/C18H15N3O4S2/c1-22-13-6-5-11(8-14(13)23-2)17-19-20-18(24-17)27-10-12-9-15(25-21-12)16-4-3-7-26-16/h3-9H,10H2,1-2H3. The van der Waals surface area contributed by atoms with Crippen molar-refractivity contribution >= 4 is 23.1 Å². The molecule has 0 saturated heterocycles. The Hall–Kier alpha value is -2.78. The third kappa shape index (κ3) is 3.83. The van der Waals surface area contributed by atoms with Gasteiger partial charge in [0.25, 0.3) is 5.22 Å². The maximum atomic E-state index is 5.73. The Labute approximate surface area is 163 Å². The normalized spacial score (nSPS) is 10.9. The molecule has 0 bridgehead atoms. The zero-order valence-corrected chi connectivity index (χ0v) is 16.2. The molecule has 0 unspecified atom stereocenters. The molecule has 0 atom stereocenters. The van der Waals surface area contributed by atoms with Crippen molar-refractivity contribution in [2.24, 2.45) is 0 Å². The van der Waals surface area contributed by atoms with Gasteiger partial charge in [-0.15, -0.1) is 21.5 Å². The molecule has 4 rings (SSSR count).